The van der Waals surface area contributed by atoms with Crippen molar-refractivity contribution in [2.75, 3.05) is 6.54 Å². The van der Waals surface area contributed by atoms with Crippen molar-refractivity contribution in [2.45, 2.75) is 13.5 Å². The van der Waals surface area contributed by atoms with Gasteiger partial charge in [0, 0.05) is 31.2 Å². The van der Waals surface area contributed by atoms with Gasteiger partial charge in [-0.05, 0) is 30.7 Å². The maximum Gasteiger partial charge on any atom is 0.274 e. The van der Waals surface area contributed by atoms with Gasteiger partial charge in [0.2, 0.25) is 0 Å². The first-order valence-corrected chi connectivity index (χ1v) is 6.97. The molecule has 0 aliphatic carbocycles. The van der Waals surface area contributed by atoms with Gasteiger partial charge in [-0.3, -0.25) is 9.59 Å². The molecule has 0 aliphatic heterocycles. The second-order valence-corrected chi connectivity index (χ2v) is 5.07. The number of amides is 1. The topological polar surface area (TPSA) is 55.2 Å². The largest absolute Gasteiger partial charge is 0.333 e. The van der Waals surface area contributed by atoms with E-state index >= 15 is 0 Å². The average molecular weight is 306 g/mol. The van der Waals surface area contributed by atoms with E-state index in [1.54, 1.807) is 11.0 Å². The molecule has 0 saturated heterocycles. The number of benzene rings is 1. The summed E-state index contributed by atoms with van der Waals surface area (Å²) >= 11 is 5.95. The molecular formula is C15H16ClN3O2. The predicted octanol–water partition coefficient (Wildman–Crippen LogP) is 2.10. The predicted molar refractivity (Wildman–Crippen MR) is 81.3 cm³/mol. The van der Waals surface area contributed by atoms with Crippen LogP contribution in [0.2, 0.25) is 5.02 Å². The zero-order chi connectivity index (χ0) is 15.4. The Labute approximate surface area is 127 Å². The zero-order valence-electron chi connectivity index (χ0n) is 11.9. The minimum absolute atomic E-state index is 0.215. The number of carbonyl (C=O) groups excluding carboxylic acids is 1. The van der Waals surface area contributed by atoms with Crippen molar-refractivity contribution in [3.05, 3.63) is 63.0 Å². The minimum atomic E-state index is -0.246. The standard InChI is InChI=1S/C15H16ClN3O2/c1-3-19(10-11-5-4-6-12(16)9-11)15(21)13-7-8-14(20)18(2)17-13/h4-9H,3,10H2,1-2H3. The van der Waals surface area contributed by atoms with Gasteiger partial charge in [-0.25, -0.2) is 4.68 Å². The van der Waals surface area contributed by atoms with Crippen LogP contribution < -0.4 is 5.56 Å². The van der Waals surface area contributed by atoms with Gasteiger partial charge >= 0.3 is 0 Å². The fourth-order valence-electron chi connectivity index (χ4n) is 1.96. The Kier molecular flexibility index (Phi) is 4.75. The van der Waals surface area contributed by atoms with Crippen molar-refractivity contribution in [3.63, 3.8) is 0 Å². The van der Waals surface area contributed by atoms with Crippen LogP contribution in [0.15, 0.2) is 41.2 Å². The monoisotopic (exact) mass is 305 g/mol. The molecule has 0 spiro atoms. The highest BCUT2D eigenvalue weighted by Crippen LogP contribution is 2.13. The van der Waals surface area contributed by atoms with Gasteiger partial charge < -0.3 is 4.90 Å². The molecule has 0 atom stereocenters. The van der Waals surface area contributed by atoms with Gasteiger partial charge in [-0.1, -0.05) is 23.7 Å². The van der Waals surface area contributed by atoms with Crippen molar-refractivity contribution in [3.8, 4) is 0 Å². The highest BCUT2D eigenvalue weighted by molar-refractivity contribution is 6.30. The number of halogens is 1. The molecule has 0 saturated carbocycles. The molecule has 21 heavy (non-hydrogen) atoms. The van der Waals surface area contributed by atoms with Crippen LogP contribution in [0.5, 0.6) is 0 Å². The fraction of sp³-hybridized carbons (Fsp3) is 0.267. The molecule has 1 amide bonds. The van der Waals surface area contributed by atoms with E-state index < -0.39 is 0 Å². The van der Waals surface area contributed by atoms with Crippen LogP contribution in [-0.4, -0.2) is 27.1 Å². The smallest absolute Gasteiger partial charge is 0.274 e. The second kappa shape index (κ2) is 6.54. The van der Waals surface area contributed by atoms with Gasteiger partial charge in [0.05, 0.1) is 0 Å². The summed E-state index contributed by atoms with van der Waals surface area (Å²) in [5, 5.41) is 4.62. The molecule has 5 nitrogen and oxygen atoms in total. The molecule has 6 heteroatoms. The Morgan fingerprint density at radius 3 is 2.71 bits per heavy atom. The van der Waals surface area contributed by atoms with Crippen molar-refractivity contribution in [1.29, 1.82) is 0 Å². The summed E-state index contributed by atoms with van der Waals surface area (Å²) in [4.78, 5) is 25.4. The van der Waals surface area contributed by atoms with E-state index in [9.17, 15) is 9.59 Å². The molecule has 2 aromatic rings. The molecule has 0 radical (unpaired) electrons. The highest BCUT2D eigenvalue weighted by atomic mass is 35.5. The van der Waals surface area contributed by atoms with E-state index in [-0.39, 0.29) is 17.2 Å². The van der Waals surface area contributed by atoms with Crippen LogP contribution in [0, 0.1) is 0 Å². The van der Waals surface area contributed by atoms with Crippen molar-refractivity contribution in [2.24, 2.45) is 7.05 Å². The van der Waals surface area contributed by atoms with E-state index in [0.717, 1.165) is 10.2 Å². The third-order valence-electron chi connectivity index (χ3n) is 3.11. The zero-order valence-corrected chi connectivity index (χ0v) is 12.7. The molecule has 110 valence electrons. The molecule has 0 N–H and O–H groups in total. The van der Waals surface area contributed by atoms with E-state index in [2.05, 4.69) is 5.10 Å². The quantitative estimate of drug-likeness (QED) is 0.869. The van der Waals surface area contributed by atoms with Crippen LogP contribution in [0.3, 0.4) is 0 Å². The second-order valence-electron chi connectivity index (χ2n) is 4.63. The van der Waals surface area contributed by atoms with Gasteiger partial charge in [-0.15, -0.1) is 0 Å². The molecule has 2 rings (SSSR count). The molecule has 0 fully saturated rings. The van der Waals surface area contributed by atoms with Gasteiger partial charge in [0.15, 0.2) is 0 Å². The van der Waals surface area contributed by atoms with E-state index in [0.29, 0.717) is 18.1 Å². The Hall–Kier alpha value is -2.14. The number of rotatable bonds is 4. The average Bonchev–Trinajstić information content (AvgIpc) is 2.47. The third kappa shape index (κ3) is 3.70. The van der Waals surface area contributed by atoms with Crippen molar-refractivity contribution < 1.29 is 4.79 Å². The Balaban J connectivity index is 2.22. The van der Waals surface area contributed by atoms with Crippen LogP contribution in [0.25, 0.3) is 0 Å². The first kappa shape index (κ1) is 15.3. The van der Waals surface area contributed by atoms with Crippen molar-refractivity contribution >= 4 is 17.5 Å². The first-order chi connectivity index (χ1) is 10.0. The summed E-state index contributed by atoms with van der Waals surface area (Å²) in [5.74, 6) is -0.215. The van der Waals surface area contributed by atoms with Crippen LogP contribution in [-0.2, 0) is 13.6 Å². The molecule has 1 aromatic heterocycles. The first-order valence-electron chi connectivity index (χ1n) is 6.59. The van der Waals surface area contributed by atoms with E-state index in [1.165, 1.54) is 19.2 Å². The SMILES string of the molecule is CCN(Cc1cccc(Cl)c1)C(=O)c1ccc(=O)n(C)n1. The Bertz CT molecular complexity index is 712. The van der Waals surface area contributed by atoms with Crippen molar-refractivity contribution in [1.82, 2.24) is 14.7 Å². The number of aryl methyl sites for hydroxylation is 1. The van der Waals surface area contributed by atoms with Gasteiger partial charge in [-0.2, -0.15) is 5.10 Å². The Morgan fingerprint density at radius 2 is 2.10 bits per heavy atom. The molecule has 0 bridgehead atoms. The van der Waals surface area contributed by atoms with E-state index in [4.69, 9.17) is 11.6 Å². The maximum atomic E-state index is 12.4. The minimum Gasteiger partial charge on any atom is -0.333 e. The number of carbonyl (C=O) groups is 1. The summed E-state index contributed by atoms with van der Waals surface area (Å²) < 4.78 is 1.15. The summed E-state index contributed by atoms with van der Waals surface area (Å²) in [6.07, 6.45) is 0. The molecule has 0 aliphatic rings. The lowest BCUT2D eigenvalue weighted by molar-refractivity contribution is 0.0744. The molecule has 1 heterocycles. The summed E-state index contributed by atoms with van der Waals surface area (Å²) in [6.45, 7) is 2.88. The number of hydrogen-bond acceptors (Lipinski definition) is 3. The fourth-order valence-corrected chi connectivity index (χ4v) is 2.17. The summed E-state index contributed by atoms with van der Waals surface area (Å²) in [5.41, 5.74) is 0.952. The lowest BCUT2D eigenvalue weighted by Gasteiger charge is -2.20. The third-order valence-corrected chi connectivity index (χ3v) is 3.35. The Morgan fingerprint density at radius 1 is 1.33 bits per heavy atom. The summed E-state index contributed by atoms with van der Waals surface area (Å²) in [7, 11) is 1.52. The highest BCUT2D eigenvalue weighted by Gasteiger charge is 2.16. The summed E-state index contributed by atoms with van der Waals surface area (Å²) in [6, 6.07) is 10.2. The lowest BCUT2D eigenvalue weighted by atomic mass is 10.2. The lowest BCUT2D eigenvalue weighted by Crippen LogP contribution is -2.33. The maximum absolute atomic E-state index is 12.4. The van der Waals surface area contributed by atoms with Crippen LogP contribution in [0.4, 0.5) is 0 Å². The normalized spacial score (nSPS) is 10.4. The molecular weight excluding hydrogens is 290 g/mol. The van der Waals surface area contributed by atoms with Gasteiger partial charge in [0.1, 0.15) is 5.69 Å². The van der Waals surface area contributed by atoms with Gasteiger partial charge in [0.25, 0.3) is 11.5 Å². The number of nitrogens with zero attached hydrogens (tertiary/aromatic N) is 3. The van der Waals surface area contributed by atoms with E-state index in [1.807, 2.05) is 25.1 Å². The number of aromatic nitrogens is 2. The molecule has 0 unspecified atom stereocenters. The number of hydrogen-bond donors (Lipinski definition) is 0. The molecule has 1 aromatic carbocycles. The van der Waals surface area contributed by atoms with Crippen LogP contribution >= 0.6 is 11.6 Å². The van der Waals surface area contributed by atoms with Crippen LogP contribution in [0.1, 0.15) is 23.0 Å².